The summed E-state index contributed by atoms with van der Waals surface area (Å²) in [5.74, 6) is 0.416. The molecule has 2 atom stereocenters. The summed E-state index contributed by atoms with van der Waals surface area (Å²) < 4.78 is 5.79. The molecule has 2 saturated carbocycles. The lowest BCUT2D eigenvalue weighted by molar-refractivity contribution is -0.139. The Balaban J connectivity index is 0.00000163. The Morgan fingerprint density at radius 2 is 1.65 bits per heavy atom. The largest absolute Gasteiger partial charge is 0.377 e. The highest BCUT2D eigenvalue weighted by molar-refractivity contribution is 5.91. The number of ether oxygens (including phenoxy) is 1. The maximum atomic E-state index is 13.2. The molecule has 4 nitrogen and oxygen atoms in total. The minimum Gasteiger partial charge on any atom is -0.377 e. The summed E-state index contributed by atoms with van der Waals surface area (Å²) in [5, 5.41) is 3.12. The molecular formula is C22H41NO3. The predicted octanol–water partition coefficient (Wildman–Crippen LogP) is 4.90. The average molecular weight is 368 g/mol. The zero-order valence-electron chi connectivity index (χ0n) is 18.1. The standard InChI is InChI=1S/C20H35NO3.C2H6/c1-6-15(22)17(19(2,3)4)21-18(23)16(20(24-5)12-13-20)14-10-8-7-9-11-14;1-2/h14,16-17H,6-13H2,1-5H3,(H,21,23);1-2H3. The van der Waals surface area contributed by atoms with Gasteiger partial charge in [0.25, 0.3) is 0 Å². The third-order valence-corrected chi connectivity index (χ3v) is 5.94. The van der Waals surface area contributed by atoms with E-state index in [4.69, 9.17) is 4.74 Å². The van der Waals surface area contributed by atoms with Crippen molar-refractivity contribution in [3.05, 3.63) is 0 Å². The van der Waals surface area contributed by atoms with E-state index in [-0.39, 0.29) is 28.6 Å². The first-order valence-corrected chi connectivity index (χ1v) is 10.6. The number of Topliss-reactive ketones (excluding diaryl/α,β-unsaturated/α-hetero) is 1. The summed E-state index contributed by atoms with van der Waals surface area (Å²) in [7, 11) is 1.73. The molecule has 152 valence electrons. The van der Waals surface area contributed by atoms with Crippen LogP contribution < -0.4 is 5.32 Å². The summed E-state index contributed by atoms with van der Waals surface area (Å²) in [4.78, 5) is 25.6. The zero-order chi connectivity index (χ0) is 20.0. The molecule has 2 aliphatic carbocycles. The van der Waals surface area contributed by atoms with Gasteiger partial charge in [0, 0.05) is 13.5 Å². The number of ketones is 1. The van der Waals surface area contributed by atoms with Gasteiger partial charge in [-0.25, -0.2) is 0 Å². The summed E-state index contributed by atoms with van der Waals surface area (Å²) in [6, 6.07) is -0.422. The van der Waals surface area contributed by atoms with Gasteiger partial charge in [-0.2, -0.15) is 0 Å². The summed E-state index contributed by atoms with van der Waals surface area (Å²) in [5.41, 5.74) is -0.562. The van der Waals surface area contributed by atoms with Crippen molar-refractivity contribution < 1.29 is 14.3 Å². The lowest BCUT2D eigenvalue weighted by atomic mass is 9.75. The van der Waals surface area contributed by atoms with Crippen molar-refractivity contribution in [3.63, 3.8) is 0 Å². The smallest absolute Gasteiger partial charge is 0.226 e. The van der Waals surface area contributed by atoms with E-state index < -0.39 is 6.04 Å². The lowest BCUT2D eigenvalue weighted by Crippen LogP contribution is -2.54. The fourth-order valence-corrected chi connectivity index (χ4v) is 4.33. The minimum absolute atomic E-state index is 0.0305. The van der Waals surface area contributed by atoms with Gasteiger partial charge >= 0.3 is 0 Å². The van der Waals surface area contributed by atoms with Crippen LogP contribution in [0.3, 0.4) is 0 Å². The van der Waals surface area contributed by atoms with Crippen molar-refractivity contribution in [1.82, 2.24) is 5.32 Å². The third-order valence-electron chi connectivity index (χ3n) is 5.94. The molecule has 0 radical (unpaired) electrons. The van der Waals surface area contributed by atoms with Crippen LogP contribution in [0.15, 0.2) is 0 Å². The van der Waals surface area contributed by atoms with Crippen LogP contribution in [0.5, 0.6) is 0 Å². The molecule has 0 saturated heterocycles. The Morgan fingerprint density at radius 1 is 1.12 bits per heavy atom. The van der Waals surface area contributed by atoms with E-state index in [1.165, 1.54) is 19.3 Å². The summed E-state index contributed by atoms with van der Waals surface area (Å²) in [6.07, 6.45) is 8.24. The second-order valence-electron chi connectivity index (χ2n) is 8.77. The van der Waals surface area contributed by atoms with Gasteiger partial charge in [0.05, 0.1) is 17.6 Å². The molecule has 2 fully saturated rings. The molecule has 0 aromatic carbocycles. The van der Waals surface area contributed by atoms with Crippen LogP contribution in [0.25, 0.3) is 0 Å². The molecule has 1 amide bonds. The van der Waals surface area contributed by atoms with Crippen LogP contribution in [0.2, 0.25) is 0 Å². The van der Waals surface area contributed by atoms with E-state index in [0.717, 1.165) is 25.7 Å². The van der Waals surface area contributed by atoms with Gasteiger partial charge < -0.3 is 10.1 Å². The molecule has 0 aromatic rings. The Morgan fingerprint density at radius 3 is 2.04 bits per heavy atom. The number of hydrogen-bond donors (Lipinski definition) is 1. The Bertz CT molecular complexity index is 456. The van der Waals surface area contributed by atoms with Gasteiger partial charge in [-0.05, 0) is 37.0 Å². The van der Waals surface area contributed by atoms with E-state index in [9.17, 15) is 9.59 Å². The Hall–Kier alpha value is -0.900. The second-order valence-corrected chi connectivity index (χ2v) is 8.77. The summed E-state index contributed by atoms with van der Waals surface area (Å²) >= 11 is 0. The molecule has 2 rings (SSSR count). The van der Waals surface area contributed by atoms with E-state index in [1.807, 2.05) is 41.5 Å². The van der Waals surface area contributed by atoms with Gasteiger partial charge in [0.2, 0.25) is 5.91 Å². The topological polar surface area (TPSA) is 55.4 Å². The van der Waals surface area contributed by atoms with E-state index in [2.05, 4.69) is 5.32 Å². The molecule has 1 N–H and O–H groups in total. The first-order valence-electron chi connectivity index (χ1n) is 10.6. The van der Waals surface area contributed by atoms with E-state index in [1.54, 1.807) is 7.11 Å². The molecule has 0 bridgehead atoms. The van der Waals surface area contributed by atoms with Crippen LogP contribution in [0, 0.1) is 17.3 Å². The van der Waals surface area contributed by atoms with Crippen LogP contribution >= 0.6 is 0 Å². The zero-order valence-corrected chi connectivity index (χ0v) is 18.1. The molecule has 2 unspecified atom stereocenters. The normalized spacial score (nSPS) is 21.8. The van der Waals surface area contributed by atoms with Crippen molar-refractivity contribution in [3.8, 4) is 0 Å². The Kier molecular flexibility index (Phi) is 8.78. The molecule has 26 heavy (non-hydrogen) atoms. The second kappa shape index (κ2) is 9.87. The Labute approximate surface area is 160 Å². The number of nitrogens with one attached hydrogen (secondary N) is 1. The molecule has 0 aromatic heterocycles. The highest BCUT2D eigenvalue weighted by Gasteiger charge is 2.56. The monoisotopic (exact) mass is 367 g/mol. The number of hydrogen-bond acceptors (Lipinski definition) is 3. The first-order chi connectivity index (χ1) is 12.2. The van der Waals surface area contributed by atoms with Gasteiger partial charge in [0.1, 0.15) is 0 Å². The SMILES string of the molecule is CC.CCC(=O)C(NC(=O)C(C1CCCCC1)C1(OC)CC1)C(C)(C)C. The van der Waals surface area contributed by atoms with Crippen molar-refractivity contribution in [2.24, 2.45) is 17.3 Å². The van der Waals surface area contributed by atoms with Crippen LogP contribution in [-0.4, -0.2) is 30.4 Å². The summed E-state index contributed by atoms with van der Waals surface area (Å²) in [6.45, 7) is 11.9. The number of methoxy groups -OCH3 is 1. The van der Waals surface area contributed by atoms with Crippen LogP contribution in [0.4, 0.5) is 0 Å². The maximum Gasteiger partial charge on any atom is 0.226 e. The molecule has 2 aliphatic rings. The molecule has 0 spiro atoms. The minimum atomic E-state index is -0.422. The average Bonchev–Trinajstić information content (AvgIpc) is 3.42. The van der Waals surface area contributed by atoms with Gasteiger partial charge in [-0.15, -0.1) is 0 Å². The van der Waals surface area contributed by atoms with Gasteiger partial charge in [0.15, 0.2) is 5.78 Å². The predicted molar refractivity (Wildman–Crippen MR) is 107 cm³/mol. The molecular weight excluding hydrogens is 326 g/mol. The molecule has 0 heterocycles. The maximum absolute atomic E-state index is 13.2. The highest BCUT2D eigenvalue weighted by atomic mass is 16.5. The van der Waals surface area contributed by atoms with Gasteiger partial charge in [-0.1, -0.05) is 60.8 Å². The number of carbonyl (C=O) groups excluding carboxylic acids is 2. The quantitative estimate of drug-likeness (QED) is 0.696. The van der Waals surface area contributed by atoms with Crippen LogP contribution in [0.1, 0.15) is 92.9 Å². The van der Waals surface area contributed by atoms with E-state index >= 15 is 0 Å². The van der Waals surface area contributed by atoms with Crippen molar-refractivity contribution in [2.45, 2.75) is 105 Å². The molecule has 0 aliphatic heterocycles. The van der Waals surface area contributed by atoms with Crippen molar-refractivity contribution >= 4 is 11.7 Å². The first kappa shape index (κ1) is 23.1. The third kappa shape index (κ3) is 5.55. The van der Waals surface area contributed by atoms with Gasteiger partial charge in [-0.3, -0.25) is 9.59 Å². The lowest BCUT2D eigenvalue weighted by Gasteiger charge is -2.37. The number of amides is 1. The number of carbonyl (C=O) groups is 2. The fourth-order valence-electron chi connectivity index (χ4n) is 4.33. The van der Waals surface area contributed by atoms with Crippen LogP contribution in [-0.2, 0) is 14.3 Å². The highest BCUT2D eigenvalue weighted by Crippen LogP contribution is 2.51. The van der Waals surface area contributed by atoms with Crippen molar-refractivity contribution in [2.75, 3.05) is 7.11 Å². The van der Waals surface area contributed by atoms with Crippen molar-refractivity contribution in [1.29, 1.82) is 0 Å². The van der Waals surface area contributed by atoms with E-state index in [0.29, 0.717) is 12.3 Å². The molecule has 4 heteroatoms. The number of rotatable bonds is 7. The fraction of sp³-hybridized carbons (Fsp3) is 0.909.